The van der Waals surface area contributed by atoms with Gasteiger partial charge >= 0.3 is 6.03 Å². The molecule has 2 N–H and O–H groups in total. The van der Waals surface area contributed by atoms with E-state index in [1.165, 1.54) is 0 Å². The minimum atomic E-state index is -0.323. The second-order valence-electron chi connectivity index (χ2n) is 12.6. The third-order valence-corrected chi connectivity index (χ3v) is 9.50. The number of likely N-dealkylation sites (N-methyl/N-ethyl adjacent to an activating group) is 1. The molecule has 2 bridgehead atoms. The highest BCUT2D eigenvalue weighted by Crippen LogP contribution is 2.35. The Hall–Kier alpha value is -4.03. The quantitative estimate of drug-likeness (QED) is 0.430. The Bertz CT molecular complexity index is 1430. The highest BCUT2D eigenvalue weighted by molar-refractivity contribution is 5.99. The second kappa shape index (κ2) is 12.2. The van der Waals surface area contributed by atoms with E-state index in [1.807, 2.05) is 36.4 Å². The Morgan fingerprint density at radius 2 is 1.39 bits per heavy atom. The van der Waals surface area contributed by atoms with Crippen molar-refractivity contribution in [2.75, 3.05) is 71.8 Å². The molecule has 2 aromatic heterocycles. The van der Waals surface area contributed by atoms with Crippen LogP contribution in [0.15, 0.2) is 42.6 Å². The number of hydrogen-bond donors (Lipinski definition) is 2. The summed E-state index contributed by atoms with van der Waals surface area (Å²) in [5.74, 6) is 3.05. The van der Waals surface area contributed by atoms with E-state index >= 15 is 0 Å². The summed E-state index contributed by atoms with van der Waals surface area (Å²) in [5.41, 5.74) is 2.20. The molecule has 2 amide bonds. The lowest BCUT2D eigenvalue weighted by Crippen LogP contribution is -2.47. The number of anilines is 5. The summed E-state index contributed by atoms with van der Waals surface area (Å²) < 4.78 is 5.83. The van der Waals surface area contributed by atoms with Crippen LogP contribution in [0.5, 0.6) is 0 Å². The standard InChI is InChI=1S/C32H42N10O2/c1-21-4-5-22(2)41(21)30-36-29(37-31(38-30)42-26-11-12-27(42)20-44-19-26)23-6-8-24(9-7-23)34-32(43)35-25-10-13-28(33-18-25)40-16-14-39(3)15-17-40/h6-10,13,18,21-22,26-27H,4-5,11-12,14-17,19-20H2,1-3H3,(H2,34,35,43)/t21-,22+,26?,27?. The molecular formula is C32H42N10O2. The van der Waals surface area contributed by atoms with Crippen molar-refractivity contribution in [3.8, 4) is 11.4 Å². The van der Waals surface area contributed by atoms with Gasteiger partial charge < -0.3 is 35.0 Å². The topological polar surface area (TPSA) is 115 Å². The zero-order valence-corrected chi connectivity index (χ0v) is 25.8. The number of nitrogens with zero attached hydrogens (tertiary/aromatic N) is 8. The summed E-state index contributed by atoms with van der Waals surface area (Å²) in [6.07, 6.45) is 6.14. The van der Waals surface area contributed by atoms with E-state index in [2.05, 4.69) is 56.1 Å². The fourth-order valence-corrected chi connectivity index (χ4v) is 6.94. The lowest BCUT2D eigenvalue weighted by molar-refractivity contribution is 0.0897. The lowest BCUT2D eigenvalue weighted by atomic mass is 10.2. The molecule has 2 unspecified atom stereocenters. The fourth-order valence-electron chi connectivity index (χ4n) is 6.94. The third kappa shape index (κ3) is 5.88. The molecule has 4 saturated heterocycles. The number of aromatic nitrogens is 4. The van der Waals surface area contributed by atoms with Crippen molar-refractivity contribution in [2.24, 2.45) is 0 Å². The van der Waals surface area contributed by atoms with Crippen molar-refractivity contribution in [3.63, 3.8) is 0 Å². The predicted molar refractivity (Wildman–Crippen MR) is 173 cm³/mol. The first kappa shape index (κ1) is 28.7. The zero-order valence-electron chi connectivity index (χ0n) is 25.8. The summed E-state index contributed by atoms with van der Waals surface area (Å²) in [5, 5.41) is 5.81. The van der Waals surface area contributed by atoms with Gasteiger partial charge in [-0.1, -0.05) is 0 Å². The van der Waals surface area contributed by atoms with E-state index in [-0.39, 0.29) is 6.03 Å². The molecule has 0 spiro atoms. The molecule has 232 valence electrons. The highest BCUT2D eigenvalue weighted by atomic mass is 16.5. The van der Waals surface area contributed by atoms with E-state index in [0.29, 0.717) is 54.6 Å². The molecule has 3 aromatic rings. The van der Waals surface area contributed by atoms with Crippen LogP contribution in [0, 0.1) is 0 Å². The summed E-state index contributed by atoms with van der Waals surface area (Å²) >= 11 is 0. The first-order chi connectivity index (χ1) is 21.4. The third-order valence-electron chi connectivity index (χ3n) is 9.50. The number of carbonyl (C=O) groups is 1. The number of pyridine rings is 1. The van der Waals surface area contributed by atoms with Gasteiger partial charge in [0.1, 0.15) is 5.82 Å². The number of morpholine rings is 1. The van der Waals surface area contributed by atoms with Crippen molar-refractivity contribution >= 4 is 35.1 Å². The van der Waals surface area contributed by atoms with E-state index in [9.17, 15) is 4.79 Å². The number of carbonyl (C=O) groups excluding carboxylic acids is 1. The fraction of sp³-hybridized carbons (Fsp3) is 0.531. The monoisotopic (exact) mass is 598 g/mol. The largest absolute Gasteiger partial charge is 0.377 e. The smallest absolute Gasteiger partial charge is 0.323 e. The molecule has 6 heterocycles. The maximum absolute atomic E-state index is 12.8. The summed E-state index contributed by atoms with van der Waals surface area (Å²) in [6, 6.07) is 12.5. The Morgan fingerprint density at radius 1 is 0.773 bits per heavy atom. The van der Waals surface area contributed by atoms with Crippen molar-refractivity contribution in [3.05, 3.63) is 42.6 Å². The van der Waals surface area contributed by atoms with Gasteiger partial charge in [0, 0.05) is 49.5 Å². The Kier molecular flexibility index (Phi) is 7.94. The van der Waals surface area contributed by atoms with E-state index in [0.717, 1.165) is 75.1 Å². The van der Waals surface area contributed by atoms with E-state index in [1.54, 1.807) is 6.20 Å². The number of fused-ring (bicyclic) bond motifs is 2. The Balaban J connectivity index is 1.06. The van der Waals surface area contributed by atoms with Crippen LogP contribution in [0.2, 0.25) is 0 Å². The molecule has 12 nitrogen and oxygen atoms in total. The zero-order chi connectivity index (χ0) is 30.2. The van der Waals surface area contributed by atoms with Gasteiger partial charge in [0.25, 0.3) is 0 Å². The van der Waals surface area contributed by atoms with Crippen LogP contribution in [0.3, 0.4) is 0 Å². The van der Waals surface area contributed by atoms with Crippen molar-refractivity contribution in [1.82, 2.24) is 24.8 Å². The maximum Gasteiger partial charge on any atom is 0.323 e. The van der Waals surface area contributed by atoms with Gasteiger partial charge in [-0.25, -0.2) is 9.78 Å². The van der Waals surface area contributed by atoms with Crippen LogP contribution in [0.4, 0.5) is 33.9 Å². The summed E-state index contributed by atoms with van der Waals surface area (Å²) in [7, 11) is 2.13. The van der Waals surface area contributed by atoms with Crippen LogP contribution in [-0.4, -0.2) is 101 Å². The molecule has 1 aromatic carbocycles. The number of hydrogen-bond acceptors (Lipinski definition) is 10. The average Bonchev–Trinajstić information content (AvgIpc) is 3.50. The van der Waals surface area contributed by atoms with Crippen molar-refractivity contribution in [2.45, 2.75) is 63.7 Å². The van der Waals surface area contributed by atoms with Crippen LogP contribution < -0.4 is 25.3 Å². The number of nitrogens with one attached hydrogen (secondary N) is 2. The number of benzene rings is 1. The van der Waals surface area contributed by atoms with Gasteiger partial charge in [0.05, 0.1) is 37.2 Å². The highest BCUT2D eigenvalue weighted by Gasteiger charge is 2.40. The van der Waals surface area contributed by atoms with Gasteiger partial charge in [-0.3, -0.25) is 0 Å². The summed E-state index contributed by atoms with van der Waals surface area (Å²) in [4.78, 5) is 41.6. The van der Waals surface area contributed by atoms with E-state index < -0.39 is 0 Å². The second-order valence-corrected chi connectivity index (χ2v) is 12.6. The molecule has 44 heavy (non-hydrogen) atoms. The minimum absolute atomic E-state index is 0.300. The predicted octanol–water partition coefficient (Wildman–Crippen LogP) is 4.07. The van der Waals surface area contributed by atoms with Crippen LogP contribution in [-0.2, 0) is 4.74 Å². The van der Waals surface area contributed by atoms with Crippen LogP contribution in [0.25, 0.3) is 11.4 Å². The summed E-state index contributed by atoms with van der Waals surface area (Å²) in [6.45, 7) is 9.84. The minimum Gasteiger partial charge on any atom is -0.377 e. The molecule has 0 aliphatic carbocycles. The molecule has 0 radical (unpaired) electrons. The van der Waals surface area contributed by atoms with Crippen LogP contribution >= 0.6 is 0 Å². The number of amides is 2. The molecule has 7 rings (SSSR count). The van der Waals surface area contributed by atoms with Gasteiger partial charge in [-0.2, -0.15) is 15.0 Å². The Labute approximate surface area is 258 Å². The number of ether oxygens (including phenoxy) is 1. The van der Waals surface area contributed by atoms with Gasteiger partial charge in [-0.15, -0.1) is 0 Å². The average molecular weight is 599 g/mol. The van der Waals surface area contributed by atoms with Crippen molar-refractivity contribution in [1.29, 1.82) is 0 Å². The van der Waals surface area contributed by atoms with Gasteiger partial charge in [0.2, 0.25) is 11.9 Å². The molecule has 4 aliphatic rings. The maximum atomic E-state index is 12.8. The first-order valence-electron chi connectivity index (χ1n) is 15.9. The van der Waals surface area contributed by atoms with Crippen molar-refractivity contribution < 1.29 is 9.53 Å². The van der Waals surface area contributed by atoms with Gasteiger partial charge in [0.15, 0.2) is 5.82 Å². The normalized spacial score (nSPS) is 25.4. The molecular weight excluding hydrogens is 556 g/mol. The molecule has 4 fully saturated rings. The first-order valence-corrected chi connectivity index (χ1v) is 15.9. The number of urea groups is 1. The molecule has 12 heteroatoms. The van der Waals surface area contributed by atoms with Gasteiger partial charge in [-0.05, 0) is 83.0 Å². The molecule has 4 aliphatic heterocycles. The molecule has 0 saturated carbocycles. The SMILES string of the molecule is C[C@@H]1CC[C@H](C)N1c1nc(-c2ccc(NC(=O)Nc3ccc(N4CCN(C)CC4)nc3)cc2)nc(N2C3CCC2COC3)n1. The number of rotatable bonds is 6. The molecule has 4 atom stereocenters. The number of piperazine rings is 1. The Morgan fingerprint density at radius 3 is 2.02 bits per heavy atom. The lowest BCUT2D eigenvalue weighted by Gasteiger charge is -2.35. The van der Waals surface area contributed by atoms with Crippen LogP contribution in [0.1, 0.15) is 39.5 Å². The van der Waals surface area contributed by atoms with E-state index in [4.69, 9.17) is 19.7 Å².